The summed E-state index contributed by atoms with van der Waals surface area (Å²) in [7, 11) is -3.74. The Balaban J connectivity index is 2.10. The summed E-state index contributed by atoms with van der Waals surface area (Å²) in [4.78, 5) is 12.0. The number of amides is 1. The molecule has 0 aromatic heterocycles. The number of nitrogens with two attached hydrogens (primary N) is 2. The molecule has 2 rings (SSSR count). The Hall–Kier alpha value is -2.22. The van der Waals surface area contributed by atoms with Gasteiger partial charge in [-0.2, -0.15) is 0 Å². The second kappa shape index (κ2) is 6.04. The molecule has 0 radical (unpaired) electrons. The molecule has 1 amide bonds. The van der Waals surface area contributed by atoms with Crippen molar-refractivity contribution in [2.75, 3.05) is 5.32 Å². The zero-order chi connectivity index (χ0) is 15.5. The smallest absolute Gasteiger partial charge is 0.245 e. The van der Waals surface area contributed by atoms with Crippen molar-refractivity contribution in [1.82, 2.24) is 0 Å². The number of primary sulfonamides is 1. The Kier molecular flexibility index (Phi) is 4.37. The molecule has 0 saturated heterocycles. The maximum atomic E-state index is 12.0. The lowest BCUT2D eigenvalue weighted by molar-refractivity contribution is -0.117. The van der Waals surface area contributed by atoms with Crippen molar-refractivity contribution in [3.63, 3.8) is 0 Å². The van der Waals surface area contributed by atoms with Gasteiger partial charge in [0, 0.05) is 5.69 Å². The van der Waals surface area contributed by atoms with Crippen molar-refractivity contribution in [2.24, 2.45) is 10.9 Å². The van der Waals surface area contributed by atoms with Gasteiger partial charge >= 0.3 is 0 Å². The van der Waals surface area contributed by atoms with Crippen LogP contribution in [0.15, 0.2) is 59.5 Å². The summed E-state index contributed by atoms with van der Waals surface area (Å²) in [5.41, 5.74) is 6.99. The number of carbonyl (C=O) groups is 1. The summed E-state index contributed by atoms with van der Waals surface area (Å²) in [6.45, 7) is 0. The zero-order valence-electron chi connectivity index (χ0n) is 11.1. The summed E-state index contributed by atoms with van der Waals surface area (Å²) < 4.78 is 22.3. The van der Waals surface area contributed by atoms with Crippen LogP contribution in [0, 0.1) is 0 Å². The monoisotopic (exact) mass is 305 g/mol. The van der Waals surface area contributed by atoms with Crippen LogP contribution in [-0.2, 0) is 14.8 Å². The average molecular weight is 305 g/mol. The van der Waals surface area contributed by atoms with Gasteiger partial charge in [0.2, 0.25) is 15.9 Å². The van der Waals surface area contributed by atoms with Gasteiger partial charge in [0.25, 0.3) is 0 Å². The molecule has 0 aliphatic heterocycles. The molecule has 7 heteroatoms. The van der Waals surface area contributed by atoms with Crippen LogP contribution in [0.2, 0.25) is 0 Å². The maximum Gasteiger partial charge on any atom is 0.245 e. The molecule has 0 saturated carbocycles. The predicted octanol–water partition coefficient (Wildman–Crippen LogP) is 0.972. The molecule has 0 bridgehead atoms. The Bertz CT molecular complexity index is 728. The van der Waals surface area contributed by atoms with Crippen LogP contribution >= 0.6 is 0 Å². The van der Waals surface area contributed by atoms with Gasteiger partial charge in [-0.1, -0.05) is 30.3 Å². The van der Waals surface area contributed by atoms with E-state index in [1.807, 2.05) is 6.07 Å². The van der Waals surface area contributed by atoms with E-state index in [0.717, 1.165) is 0 Å². The lowest BCUT2D eigenvalue weighted by atomic mass is 10.1. The Labute approximate surface area is 122 Å². The van der Waals surface area contributed by atoms with Crippen LogP contribution in [0.4, 0.5) is 5.69 Å². The van der Waals surface area contributed by atoms with E-state index in [1.54, 1.807) is 24.3 Å². The summed E-state index contributed by atoms with van der Waals surface area (Å²) in [5, 5.41) is 7.62. The first kappa shape index (κ1) is 15.2. The Morgan fingerprint density at radius 3 is 2.10 bits per heavy atom. The molecule has 21 heavy (non-hydrogen) atoms. The molecule has 0 fully saturated rings. The van der Waals surface area contributed by atoms with Crippen LogP contribution in [0.25, 0.3) is 0 Å². The van der Waals surface area contributed by atoms with E-state index in [4.69, 9.17) is 10.9 Å². The van der Waals surface area contributed by atoms with Gasteiger partial charge in [-0.05, 0) is 29.8 Å². The molecule has 1 atom stereocenters. The van der Waals surface area contributed by atoms with E-state index in [0.29, 0.717) is 11.3 Å². The Morgan fingerprint density at radius 2 is 1.57 bits per heavy atom. The van der Waals surface area contributed by atoms with Crippen LogP contribution < -0.4 is 16.2 Å². The number of sulfonamides is 1. The lowest BCUT2D eigenvalue weighted by Gasteiger charge is -2.12. The van der Waals surface area contributed by atoms with Gasteiger partial charge < -0.3 is 11.1 Å². The van der Waals surface area contributed by atoms with Gasteiger partial charge in [-0.15, -0.1) is 0 Å². The van der Waals surface area contributed by atoms with E-state index >= 15 is 0 Å². The lowest BCUT2D eigenvalue weighted by Crippen LogP contribution is -2.27. The third-order valence-electron chi connectivity index (χ3n) is 2.89. The minimum absolute atomic E-state index is 0.0205. The van der Waals surface area contributed by atoms with Gasteiger partial charge in [-0.3, -0.25) is 4.79 Å². The highest BCUT2D eigenvalue weighted by Gasteiger charge is 2.15. The quantitative estimate of drug-likeness (QED) is 0.780. The Morgan fingerprint density at radius 1 is 1.00 bits per heavy atom. The van der Waals surface area contributed by atoms with Gasteiger partial charge in [-0.25, -0.2) is 13.6 Å². The van der Waals surface area contributed by atoms with Gasteiger partial charge in [0.1, 0.15) is 6.04 Å². The van der Waals surface area contributed by atoms with E-state index in [2.05, 4.69) is 5.32 Å². The molecule has 2 aromatic rings. The molecule has 0 aliphatic carbocycles. The number of anilines is 1. The molecule has 0 heterocycles. The van der Waals surface area contributed by atoms with Crippen LogP contribution in [-0.4, -0.2) is 14.3 Å². The zero-order valence-corrected chi connectivity index (χ0v) is 11.9. The van der Waals surface area contributed by atoms with Gasteiger partial charge in [0.15, 0.2) is 0 Å². The average Bonchev–Trinajstić information content (AvgIpc) is 2.47. The molecular formula is C14H15N3O3S. The minimum Gasteiger partial charge on any atom is -0.324 e. The molecule has 6 nitrogen and oxygen atoms in total. The van der Waals surface area contributed by atoms with Crippen molar-refractivity contribution < 1.29 is 13.2 Å². The van der Waals surface area contributed by atoms with E-state index in [-0.39, 0.29) is 10.8 Å². The second-order valence-corrected chi connectivity index (χ2v) is 6.01. The van der Waals surface area contributed by atoms with Crippen molar-refractivity contribution in [1.29, 1.82) is 0 Å². The maximum absolute atomic E-state index is 12.0. The fourth-order valence-electron chi connectivity index (χ4n) is 1.76. The molecule has 1 unspecified atom stereocenters. The highest BCUT2D eigenvalue weighted by atomic mass is 32.2. The second-order valence-electron chi connectivity index (χ2n) is 4.45. The van der Waals surface area contributed by atoms with Crippen molar-refractivity contribution in [3.05, 3.63) is 60.2 Å². The first-order valence-electron chi connectivity index (χ1n) is 6.12. The summed E-state index contributed by atoms with van der Waals surface area (Å²) in [6, 6.07) is 13.7. The van der Waals surface area contributed by atoms with E-state index in [9.17, 15) is 13.2 Å². The number of hydrogen-bond donors (Lipinski definition) is 3. The first-order valence-corrected chi connectivity index (χ1v) is 7.67. The van der Waals surface area contributed by atoms with Crippen LogP contribution in [0.3, 0.4) is 0 Å². The largest absolute Gasteiger partial charge is 0.324 e. The highest BCUT2D eigenvalue weighted by molar-refractivity contribution is 7.89. The first-order chi connectivity index (χ1) is 9.88. The fourth-order valence-corrected chi connectivity index (χ4v) is 2.28. The minimum atomic E-state index is -3.74. The summed E-state index contributed by atoms with van der Waals surface area (Å²) in [6.07, 6.45) is 0. The van der Waals surface area contributed by atoms with Crippen molar-refractivity contribution in [2.45, 2.75) is 10.9 Å². The number of benzene rings is 2. The molecular weight excluding hydrogens is 290 g/mol. The number of rotatable bonds is 4. The fraction of sp³-hybridized carbons (Fsp3) is 0.0714. The highest BCUT2D eigenvalue weighted by Crippen LogP contribution is 2.16. The predicted molar refractivity (Wildman–Crippen MR) is 79.8 cm³/mol. The number of nitrogens with one attached hydrogen (secondary N) is 1. The summed E-state index contributed by atoms with van der Waals surface area (Å²) >= 11 is 0. The standard InChI is InChI=1S/C14H15N3O3S/c15-13(10-4-2-1-3-5-10)14(18)17-11-6-8-12(9-7-11)21(16,19)20/h1-9,13H,15H2,(H,17,18)(H2,16,19,20). The topological polar surface area (TPSA) is 115 Å². The molecule has 0 aliphatic rings. The van der Waals surface area contributed by atoms with E-state index < -0.39 is 16.1 Å². The third kappa shape index (κ3) is 3.88. The number of hydrogen-bond acceptors (Lipinski definition) is 4. The molecule has 0 spiro atoms. The molecule has 2 aromatic carbocycles. The van der Waals surface area contributed by atoms with Crippen molar-refractivity contribution in [3.8, 4) is 0 Å². The summed E-state index contributed by atoms with van der Waals surface area (Å²) in [5.74, 6) is -0.385. The number of carbonyl (C=O) groups excluding carboxylic acids is 1. The van der Waals surface area contributed by atoms with Crippen LogP contribution in [0.1, 0.15) is 11.6 Å². The SMILES string of the molecule is NC(C(=O)Nc1ccc(S(N)(=O)=O)cc1)c1ccccc1. The third-order valence-corrected chi connectivity index (χ3v) is 3.82. The normalized spacial score (nSPS) is 12.7. The van der Waals surface area contributed by atoms with Crippen LogP contribution in [0.5, 0.6) is 0 Å². The molecule has 5 N–H and O–H groups in total. The van der Waals surface area contributed by atoms with Crippen molar-refractivity contribution >= 4 is 21.6 Å². The molecule has 110 valence electrons. The van der Waals surface area contributed by atoms with Gasteiger partial charge in [0.05, 0.1) is 4.90 Å². The van der Waals surface area contributed by atoms with E-state index in [1.165, 1.54) is 24.3 Å².